The standard InChI is InChI=1S/C22H18ClF2N3O3S/c23-15-2-4-16(5-3-15)31-12-20-26-19(13-32-20)22(30)28-9-7-27(8-10-28)21(29)14-1-6-17(24)18(25)11-14/h1-6,11,13H,7-10,12H2. The van der Waals surface area contributed by atoms with Gasteiger partial charge in [0.05, 0.1) is 0 Å². The minimum atomic E-state index is -1.07. The molecule has 0 saturated carbocycles. The van der Waals surface area contributed by atoms with Crippen molar-refractivity contribution in [2.45, 2.75) is 6.61 Å². The molecule has 1 aromatic heterocycles. The van der Waals surface area contributed by atoms with Crippen molar-refractivity contribution in [3.8, 4) is 5.75 Å². The molecule has 1 fully saturated rings. The Kier molecular flexibility index (Phi) is 6.66. The van der Waals surface area contributed by atoms with Crippen molar-refractivity contribution >= 4 is 34.8 Å². The van der Waals surface area contributed by atoms with E-state index in [0.29, 0.717) is 47.7 Å². The molecule has 166 valence electrons. The number of piperazine rings is 1. The first-order chi connectivity index (χ1) is 15.4. The van der Waals surface area contributed by atoms with Gasteiger partial charge in [-0.15, -0.1) is 11.3 Å². The predicted octanol–water partition coefficient (Wildman–Crippen LogP) is 4.25. The number of thiazole rings is 1. The number of carbonyl (C=O) groups excluding carboxylic acids is 2. The molecular formula is C22H18ClF2N3O3S. The zero-order chi connectivity index (χ0) is 22.7. The zero-order valence-electron chi connectivity index (χ0n) is 16.8. The largest absolute Gasteiger partial charge is 0.486 e. The molecule has 1 aliphatic rings. The average Bonchev–Trinajstić information content (AvgIpc) is 3.29. The van der Waals surface area contributed by atoms with Crippen LogP contribution in [-0.4, -0.2) is 52.8 Å². The normalized spacial score (nSPS) is 13.8. The van der Waals surface area contributed by atoms with Crippen LogP contribution in [0.1, 0.15) is 25.9 Å². The number of rotatable bonds is 5. The van der Waals surface area contributed by atoms with E-state index in [1.807, 2.05) is 0 Å². The molecule has 2 aromatic carbocycles. The van der Waals surface area contributed by atoms with Gasteiger partial charge < -0.3 is 14.5 Å². The van der Waals surface area contributed by atoms with Gasteiger partial charge in [0.15, 0.2) is 11.6 Å². The molecule has 0 bridgehead atoms. The summed E-state index contributed by atoms with van der Waals surface area (Å²) in [7, 11) is 0. The van der Waals surface area contributed by atoms with E-state index in [1.165, 1.54) is 22.3 Å². The highest BCUT2D eigenvalue weighted by molar-refractivity contribution is 7.09. The topological polar surface area (TPSA) is 62.7 Å². The molecule has 0 aliphatic carbocycles. The highest BCUT2D eigenvalue weighted by Gasteiger charge is 2.27. The van der Waals surface area contributed by atoms with E-state index in [2.05, 4.69) is 4.98 Å². The second kappa shape index (κ2) is 9.62. The van der Waals surface area contributed by atoms with Crippen LogP contribution in [0.15, 0.2) is 47.8 Å². The quantitative estimate of drug-likeness (QED) is 0.551. The number of hydrogen-bond acceptors (Lipinski definition) is 5. The summed E-state index contributed by atoms with van der Waals surface area (Å²) in [6.07, 6.45) is 0. The number of nitrogens with zero attached hydrogens (tertiary/aromatic N) is 3. The molecule has 32 heavy (non-hydrogen) atoms. The van der Waals surface area contributed by atoms with Crippen LogP contribution in [0.2, 0.25) is 5.02 Å². The first-order valence-electron chi connectivity index (χ1n) is 9.77. The average molecular weight is 478 g/mol. The Hall–Kier alpha value is -3.04. The molecule has 0 N–H and O–H groups in total. The Morgan fingerprint density at radius 2 is 1.62 bits per heavy atom. The van der Waals surface area contributed by atoms with Crippen LogP contribution in [-0.2, 0) is 6.61 Å². The number of amides is 2. The summed E-state index contributed by atoms with van der Waals surface area (Å²) in [5.41, 5.74) is 0.401. The van der Waals surface area contributed by atoms with Gasteiger partial charge in [0, 0.05) is 42.1 Å². The molecule has 0 radical (unpaired) electrons. The SMILES string of the molecule is O=C(c1ccc(F)c(F)c1)N1CCN(C(=O)c2csc(COc3ccc(Cl)cc3)n2)CC1. The molecule has 2 amide bonds. The molecule has 4 rings (SSSR count). The number of carbonyl (C=O) groups is 2. The summed E-state index contributed by atoms with van der Waals surface area (Å²) < 4.78 is 32.2. The lowest BCUT2D eigenvalue weighted by Crippen LogP contribution is -2.50. The summed E-state index contributed by atoms with van der Waals surface area (Å²) in [6.45, 7) is 1.46. The van der Waals surface area contributed by atoms with Gasteiger partial charge in [0.1, 0.15) is 23.1 Å². The fraction of sp³-hybridized carbons (Fsp3) is 0.227. The van der Waals surface area contributed by atoms with Crippen molar-refractivity contribution in [1.82, 2.24) is 14.8 Å². The Labute approximate surface area is 192 Å². The van der Waals surface area contributed by atoms with E-state index in [9.17, 15) is 18.4 Å². The monoisotopic (exact) mass is 477 g/mol. The maximum atomic E-state index is 13.4. The molecule has 0 atom stereocenters. The summed E-state index contributed by atoms with van der Waals surface area (Å²) in [5.74, 6) is -2.04. The molecule has 6 nitrogen and oxygen atoms in total. The van der Waals surface area contributed by atoms with Crippen LogP contribution in [0.5, 0.6) is 5.75 Å². The van der Waals surface area contributed by atoms with E-state index in [0.717, 1.165) is 12.1 Å². The Bertz CT molecular complexity index is 1130. The second-order valence-electron chi connectivity index (χ2n) is 7.08. The van der Waals surface area contributed by atoms with Crippen LogP contribution < -0.4 is 4.74 Å². The minimum absolute atomic E-state index is 0.0773. The van der Waals surface area contributed by atoms with Gasteiger partial charge in [-0.1, -0.05) is 11.6 Å². The molecule has 0 unspecified atom stereocenters. The fourth-order valence-electron chi connectivity index (χ4n) is 3.24. The van der Waals surface area contributed by atoms with Gasteiger partial charge in [-0.2, -0.15) is 0 Å². The third kappa shape index (κ3) is 5.05. The van der Waals surface area contributed by atoms with E-state index >= 15 is 0 Å². The van der Waals surface area contributed by atoms with Crippen molar-refractivity contribution in [3.05, 3.63) is 80.8 Å². The highest BCUT2D eigenvalue weighted by atomic mass is 35.5. The zero-order valence-corrected chi connectivity index (χ0v) is 18.3. The second-order valence-corrected chi connectivity index (χ2v) is 8.46. The maximum absolute atomic E-state index is 13.4. The minimum Gasteiger partial charge on any atom is -0.486 e. The van der Waals surface area contributed by atoms with Gasteiger partial charge in [-0.3, -0.25) is 9.59 Å². The maximum Gasteiger partial charge on any atom is 0.273 e. The number of ether oxygens (including phenoxy) is 1. The van der Waals surface area contributed by atoms with Crippen molar-refractivity contribution in [1.29, 1.82) is 0 Å². The first kappa shape index (κ1) is 22.2. The van der Waals surface area contributed by atoms with E-state index in [1.54, 1.807) is 34.5 Å². The number of hydrogen-bond donors (Lipinski definition) is 0. The Morgan fingerprint density at radius 1 is 0.969 bits per heavy atom. The molecule has 3 aromatic rings. The fourth-order valence-corrected chi connectivity index (χ4v) is 4.04. The molecule has 1 saturated heterocycles. The van der Waals surface area contributed by atoms with Crippen LogP contribution in [0.4, 0.5) is 8.78 Å². The summed E-state index contributed by atoms with van der Waals surface area (Å²) in [6, 6.07) is 10.0. The molecular weight excluding hydrogens is 460 g/mol. The van der Waals surface area contributed by atoms with Crippen LogP contribution in [0, 0.1) is 11.6 Å². The summed E-state index contributed by atoms with van der Waals surface area (Å²) >= 11 is 7.18. The van der Waals surface area contributed by atoms with Gasteiger partial charge in [0.25, 0.3) is 11.8 Å². The lowest BCUT2D eigenvalue weighted by atomic mass is 10.1. The first-order valence-corrected chi connectivity index (χ1v) is 11.0. The number of benzene rings is 2. The van der Waals surface area contributed by atoms with Gasteiger partial charge in [-0.25, -0.2) is 13.8 Å². The lowest BCUT2D eigenvalue weighted by Gasteiger charge is -2.34. The number of aromatic nitrogens is 1. The van der Waals surface area contributed by atoms with Gasteiger partial charge >= 0.3 is 0 Å². The lowest BCUT2D eigenvalue weighted by molar-refractivity contribution is 0.0532. The van der Waals surface area contributed by atoms with Crippen LogP contribution in [0.3, 0.4) is 0 Å². The molecule has 0 spiro atoms. The highest BCUT2D eigenvalue weighted by Crippen LogP contribution is 2.19. The Morgan fingerprint density at radius 3 is 2.28 bits per heavy atom. The molecule has 10 heteroatoms. The van der Waals surface area contributed by atoms with Gasteiger partial charge in [-0.05, 0) is 42.5 Å². The van der Waals surface area contributed by atoms with Crippen molar-refractivity contribution < 1.29 is 23.1 Å². The van der Waals surface area contributed by atoms with Crippen molar-refractivity contribution in [3.63, 3.8) is 0 Å². The van der Waals surface area contributed by atoms with E-state index < -0.39 is 17.5 Å². The number of halogens is 3. The van der Waals surface area contributed by atoms with Crippen molar-refractivity contribution in [2.75, 3.05) is 26.2 Å². The smallest absolute Gasteiger partial charge is 0.273 e. The van der Waals surface area contributed by atoms with E-state index in [4.69, 9.17) is 16.3 Å². The summed E-state index contributed by atoms with van der Waals surface area (Å²) in [5, 5.41) is 2.96. The summed E-state index contributed by atoms with van der Waals surface area (Å²) in [4.78, 5) is 32.8. The predicted molar refractivity (Wildman–Crippen MR) is 116 cm³/mol. The Balaban J connectivity index is 1.31. The third-order valence-corrected chi connectivity index (χ3v) is 6.04. The van der Waals surface area contributed by atoms with Crippen LogP contribution in [0.25, 0.3) is 0 Å². The third-order valence-electron chi connectivity index (χ3n) is 4.97. The van der Waals surface area contributed by atoms with Crippen molar-refractivity contribution in [2.24, 2.45) is 0 Å². The molecule has 1 aliphatic heterocycles. The molecule has 2 heterocycles. The van der Waals surface area contributed by atoms with E-state index in [-0.39, 0.29) is 18.1 Å². The van der Waals surface area contributed by atoms with Gasteiger partial charge in [0.2, 0.25) is 0 Å². The van der Waals surface area contributed by atoms with Crippen LogP contribution >= 0.6 is 22.9 Å².